The van der Waals surface area contributed by atoms with Crippen molar-refractivity contribution < 1.29 is 4.79 Å². The van der Waals surface area contributed by atoms with Gasteiger partial charge in [0.05, 0.1) is 6.04 Å². The lowest BCUT2D eigenvalue weighted by Gasteiger charge is -2.16. The molecular formula is C11H22N2OS. The minimum absolute atomic E-state index is 0.0311. The van der Waals surface area contributed by atoms with Crippen LogP contribution in [0.1, 0.15) is 39.5 Å². The molecular weight excluding hydrogens is 208 g/mol. The molecule has 0 aromatic carbocycles. The average Bonchev–Trinajstić information content (AvgIpc) is 2.70. The molecule has 1 aliphatic heterocycles. The third-order valence-electron chi connectivity index (χ3n) is 2.66. The molecule has 0 aromatic heterocycles. The van der Waals surface area contributed by atoms with Gasteiger partial charge in [-0.1, -0.05) is 26.2 Å². The van der Waals surface area contributed by atoms with Gasteiger partial charge in [-0.3, -0.25) is 10.1 Å². The van der Waals surface area contributed by atoms with Crippen molar-refractivity contribution in [3.05, 3.63) is 0 Å². The Morgan fingerprint density at radius 1 is 1.60 bits per heavy atom. The van der Waals surface area contributed by atoms with E-state index in [0.717, 1.165) is 18.1 Å². The molecule has 1 heterocycles. The second-order valence-corrected chi connectivity index (χ2v) is 5.21. The van der Waals surface area contributed by atoms with E-state index in [1.165, 1.54) is 19.3 Å². The van der Waals surface area contributed by atoms with E-state index in [1.54, 1.807) is 11.8 Å². The van der Waals surface area contributed by atoms with Gasteiger partial charge in [0, 0.05) is 17.7 Å². The van der Waals surface area contributed by atoms with E-state index in [4.69, 9.17) is 0 Å². The van der Waals surface area contributed by atoms with Crippen molar-refractivity contribution in [2.75, 3.05) is 11.6 Å². The van der Waals surface area contributed by atoms with Crippen LogP contribution in [0.2, 0.25) is 0 Å². The first-order valence-corrected chi connectivity index (χ1v) is 7.01. The number of amides is 1. The zero-order chi connectivity index (χ0) is 11.1. The van der Waals surface area contributed by atoms with E-state index in [-0.39, 0.29) is 11.9 Å². The summed E-state index contributed by atoms with van der Waals surface area (Å²) in [5, 5.41) is 6.25. The lowest BCUT2D eigenvalue weighted by molar-refractivity contribution is -0.123. The van der Waals surface area contributed by atoms with E-state index in [2.05, 4.69) is 24.5 Å². The Bertz CT molecular complexity index is 193. The van der Waals surface area contributed by atoms with Gasteiger partial charge in [0.1, 0.15) is 0 Å². The van der Waals surface area contributed by atoms with E-state index in [9.17, 15) is 4.79 Å². The predicted octanol–water partition coefficient (Wildman–Crippen LogP) is 1.73. The molecule has 88 valence electrons. The number of nitrogens with one attached hydrogen (secondary N) is 2. The van der Waals surface area contributed by atoms with E-state index < -0.39 is 0 Å². The molecule has 1 saturated heterocycles. The van der Waals surface area contributed by atoms with Crippen molar-refractivity contribution >= 4 is 17.7 Å². The predicted molar refractivity (Wildman–Crippen MR) is 66.0 cm³/mol. The first kappa shape index (κ1) is 12.8. The number of hydrogen-bond acceptors (Lipinski definition) is 3. The van der Waals surface area contributed by atoms with Crippen LogP contribution < -0.4 is 10.6 Å². The Balaban J connectivity index is 2.13. The molecule has 1 rings (SSSR count). The summed E-state index contributed by atoms with van der Waals surface area (Å²) in [4.78, 5) is 11.7. The van der Waals surface area contributed by atoms with Crippen LogP contribution in [0.25, 0.3) is 0 Å². The average molecular weight is 230 g/mol. The van der Waals surface area contributed by atoms with Gasteiger partial charge in [0.2, 0.25) is 5.91 Å². The van der Waals surface area contributed by atoms with Crippen molar-refractivity contribution in [2.45, 2.75) is 51.6 Å². The highest BCUT2D eigenvalue weighted by atomic mass is 32.2. The third kappa shape index (κ3) is 4.89. The molecule has 0 aliphatic carbocycles. The summed E-state index contributed by atoms with van der Waals surface area (Å²) in [5.41, 5.74) is 0. The van der Waals surface area contributed by atoms with Crippen LogP contribution in [0, 0.1) is 0 Å². The maximum Gasteiger partial charge on any atom is 0.238 e. The molecule has 0 spiro atoms. The molecule has 0 radical (unpaired) electrons. The number of thioether (sulfide) groups is 1. The number of carbonyl (C=O) groups is 1. The van der Waals surface area contributed by atoms with Gasteiger partial charge in [-0.05, 0) is 13.3 Å². The summed E-state index contributed by atoms with van der Waals surface area (Å²) >= 11 is 1.79. The first-order valence-electron chi connectivity index (χ1n) is 5.85. The van der Waals surface area contributed by atoms with Crippen LogP contribution >= 0.6 is 11.8 Å². The van der Waals surface area contributed by atoms with Gasteiger partial charge in [-0.2, -0.15) is 0 Å². The highest BCUT2D eigenvalue weighted by Gasteiger charge is 2.23. The van der Waals surface area contributed by atoms with Gasteiger partial charge in [-0.25, -0.2) is 0 Å². The van der Waals surface area contributed by atoms with Crippen LogP contribution in [-0.2, 0) is 4.79 Å². The quantitative estimate of drug-likeness (QED) is 0.683. The largest absolute Gasteiger partial charge is 0.352 e. The zero-order valence-corrected chi connectivity index (χ0v) is 10.5. The molecule has 1 aliphatic rings. The number of unbranched alkanes of at least 4 members (excludes halogenated alkanes) is 2. The number of carbonyl (C=O) groups excluding carboxylic acids is 1. The van der Waals surface area contributed by atoms with Crippen molar-refractivity contribution in [1.82, 2.24) is 10.6 Å². The maximum atomic E-state index is 11.7. The highest BCUT2D eigenvalue weighted by Crippen LogP contribution is 2.10. The van der Waals surface area contributed by atoms with Crippen LogP contribution in [0.5, 0.6) is 0 Å². The summed E-state index contributed by atoms with van der Waals surface area (Å²) in [5.74, 6) is 1.99. The summed E-state index contributed by atoms with van der Waals surface area (Å²) in [6.45, 7) is 4.29. The Hall–Kier alpha value is -0.220. The lowest BCUT2D eigenvalue weighted by Crippen LogP contribution is -2.45. The highest BCUT2D eigenvalue weighted by molar-refractivity contribution is 7.99. The number of hydrogen-bond donors (Lipinski definition) is 2. The van der Waals surface area contributed by atoms with Crippen LogP contribution in [0.3, 0.4) is 0 Å². The molecule has 0 aromatic rings. The molecule has 1 amide bonds. The van der Waals surface area contributed by atoms with Gasteiger partial charge in [0.25, 0.3) is 0 Å². The molecule has 15 heavy (non-hydrogen) atoms. The van der Waals surface area contributed by atoms with Crippen molar-refractivity contribution in [2.24, 2.45) is 0 Å². The fourth-order valence-electron chi connectivity index (χ4n) is 1.68. The molecule has 2 atom stereocenters. The molecule has 4 heteroatoms. The molecule has 0 saturated carbocycles. The van der Waals surface area contributed by atoms with Crippen LogP contribution in [0.15, 0.2) is 0 Å². The van der Waals surface area contributed by atoms with Gasteiger partial charge >= 0.3 is 0 Å². The standard InChI is InChI=1S/C11H22N2OS/c1-3-4-5-6-9(2)13-11(14)10-7-15-8-12-10/h9-10,12H,3-8H2,1-2H3,(H,13,14). The van der Waals surface area contributed by atoms with Gasteiger partial charge in [0.15, 0.2) is 0 Å². The minimum Gasteiger partial charge on any atom is -0.352 e. The zero-order valence-electron chi connectivity index (χ0n) is 9.71. The summed E-state index contributed by atoms with van der Waals surface area (Å²) in [7, 11) is 0. The second-order valence-electron chi connectivity index (χ2n) is 4.18. The molecule has 0 bridgehead atoms. The Labute approximate surface area is 96.8 Å². The van der Waals surface area contributed by atoms with Crippen LogP contribution in [-0.4, -0.2) is 29.6 Å². The smallest absolute Gasteiger partial charge is 0.238 e. The minimum atomic E-state index is 0.0311. The van der Waals surface area contributed by atoms with Gasteiger partial charge in [-0.15, -0.1) is 11.8 Å². The molecule has 3 nitrogen and oxygen atoms in total. The first-order chi connectivity index (χ1) is 7.24. The Kier molecular flexibility index (Phi) is 6.10. The Morgan fingerprint density at radius 3 is 3.00 bits per heavy atom. The van der Waals surface area contributed by atoms with Crippen LogP contribution in [0.4, 0.5) is 0 Å². The van der Waals surface area contributed by atoms with Crippen molar-refractivity contribution in [3.63, 3.8) is 0 Å². The number of rotatable bonds is 6. The lowest BCUT2D eigenvalue weighted by atomic mass is 10.1. The van der Waals surface area contributed by atoms with Gasteiger partial charge < -0.3 is 5.32 Å². The SMILES string of the molecule is CCCCCC(C)NC(=O)C1CSCN1. The topological polar surface area (TPSA) is 41.1 Å². The maximum absolute atomic E-state index is 11.7. The summed E-state index contributed by atoms with van der Waals surface area (Å²) in [6, 6.07) is 0.347. The molecule has 1 fully saturated rings. The van der Waals surface area contributed by atoms with E-state index in [0.29, 0.717) is 6.04 Å². The van der Waals surface area contributed by atoms with Crippen molar-refractivity contribution in [1.29, 1.82) is 0 Å². The normalized spacial score (nSPS) is 22.7. The molecule has 2 unspecified atom stereocenters. The Morgan fingerprint density at radius 2 is 2.40 bits per heavy atom. The van der Waals surface area contributed by atoms with E-state index >= 15 is 0 Å². The third-order valence-corrected chi connectivity index (χ3v) is 3.60. The van der Waals surface area contributed by atoms with Crippen molar-refractivity contribution in [3.8, 4) is 0 Å². The second kappa shape index (κ2) is 7.12. The monoisotopic (exact) mass is 230 g/mol. The van der Waals surface area contributed by atoms with E-state index in [1.807, 2.05) is 0 Å². The fraction of sp³-hybridized carbons (Fsp3) is 0.909. The molecule has 2 N–H and O–H groups in total. The fourth-order valence-corrected chi connectivity index (χ4v) is 2.62. The summed E-state index contributed by atoms with van der Waals surface area (Å²) in [6.07, 6.45) is 4.81. The summed E-state index contributed by atoms with van der Waals surface area (Å²) < 4.78 is 0.